The molecule has 0 aromatic heterocycles. The summed E-state index contributed by atoms with van der Waals surface area (Å²) < 4.78 is 37.3. The Morgan fingerprint density at radius 1 is 0.900 bits per heavy atom. The lowest BCUT2D eigenvalue weighted by Gasteiger charge is -2.07. The van der Waals surface area contributed by atoms with E-state index >= 15 is 0 Å². The van der Waals surface area contributed by atoms with Gasteiger partial charge in [0.15, 0.2) is 5.78 Å². The van der Waals surface area contributed by atoms with Crippen LogP contribution in [0.25, 0.3) is 0 Å². The zero-order valence-electron chi connectivity index (χ0n) is 10.9. The lowest BCUT2D eigenvalue weighted by Crippen LogP contribution is -2.08. The molecule has 0 aliphatic carbocycles. The van der Waals surface area contributed by atoms with Crippen LogP contribution in [0.5, 0.6) is 11.5 Å². The van der Waals surface area contributed by atoms with Crippen LogP contribution in [-0.4, -0.2) is 20.0 Å². The average molecular weight is 278 g/mol. The number of hydrogen-bond acceptors (Lipinski definition) is 3. The van der Waals surface area contributed by atoms with Crippen molar-refractivity contribution in [2.45, 2.75) is 0 Å². The van der Waals surface area contributed by atoms with Gasteiger partial charge in [-0.05, 0) is 24.3 Å². The monoisotopic (exact) mass is 278 g/mol. The summed E-state index contributed by atoms with van der Waals surface area (Å²) in [5.74, 6) is -2.07. The van der Waals surface area contributed by atoms with E-state index in [1.54, 1.807) is 12.1 Å². The lowest BCUT2D eigenvalue weighted by atomic mass is 10.0. The predicted molar refractivity (Wildman–Crippen MR) is 69.3 cm³/mol. The molecule has 104 valence electrons. The van der Waals surface area contributed by atoms with Gasteiger partial charge in [-0.25, -0.2) is 8.78 Å². The molecule has 0 aliphatic heterocycles. The van der Waals surface area contributed by atoms with E-state index in [0.717, 1.165) is 12.1 Å². The molecule has 0 saturated heterocycles. The van der Waals surface area contributed by atoms with Gasteiger partial charge in [-0.2, -0.15) is 0 Å². The molecule has 0 fully saturated rings. The zero-order valence-corrected chi connectivity index (χ0v) is 10.9. The van der Waals surface area contributed by atoms with Gasteiger partial charge in [0, 0.05) is 17.7 Å². The van der Waals surface area contributed by atoms with Crippen LogP contribution in [0.4, 0.5) is 8.78 Å². The predicted octanol–water partition coefficient (Wildman–Crippen LogP) is 3.21. The second-order valence-corrected chi connectivity index (χ2v) is 4.02. The van der Waals surface area contributed by atoms with Crippen LogP contribution >= 0.6 is 0 Å². The molecule has 0 N–H and O–H groups in total. The van der Waals surface area contributed by atoms with Gasteiger partial charge in [0.05, 0.1) is 19.8 Å². The van der Waals surface area contributed by atoms with E-state index in [-0.39, 0.29) is 11.3 Å². The summed E-state index contributed by atoms with van der Waals surface area (Å²) in [4.78, 5) is 12.1. The first kappa shape index (κ1) is 14.0. The SMILES string of the molecule is COc1ccc(C(=O)c2c(F)cc(OC)cc2F)cc1. The van der Waals surface area contributed by atoms with Crippen molar-refractivity contribution in [3.05, 3.63) is 59.2 Å². The number of carbonyl (C=O) groups excluding carboxylic acids is 1. The summed E-state index contributed by atoms with van der Waals surface area (Å²) in [6, 6.07) is 7.94. The van der Waals surface area contributed by atoms with Gasteiger partial charge < -0.3 is 9.47 Å². The maximum Gasteiger partial charge on any atom is 0.198 e. The highest BCUT2D eigenvalue weighted by atomic mass is 19.1. The Labute approximate surface area is 114 Å². The van der Waals surface area contributed by atoms with Crippen molar-refractivity contribution in [3.63, 3.8) is 0 Å². The van der Waals surface area contributed by atoms with Crippen molar-refractivity contribution in [3.8, 4) is 11.5 Å². The summed E-state index contributed by atoms with van der Waals surface area (Å²) in [7, 11) is 2.78. The van der Waals surface area contributed by atoms with Crippen LogP contribution < -0.4 is 9.47 Å². The number of methoxy groups -OCH3 is 2. The van der Waals surface area contributed by atoms with E-state index in [1.807, 2.05) is 0 Å². The highest BCUT2D eigenvalue weighted by molar-refractivity contribution is 6.09. The number of ketones is 1. The Hall–Kier alpha value is -2.43. The minimum Gasteiger partial charge on any atom is -0.497 e. The highest BCUT2D eigenvalue weighted by Crippen LogP contribution is 2.23. The van der Waals surface area contributed by atoms with Gasteiger partial charge >= 0.3 is 0 Å². The molecular weight excluding hydrogens is 266 g/mol. The molecule has 0 spiro atoms. The van der Waals surface area contributed by atoms with Gasteiger partial charge in [0.1, 0.15) is 23.1 Å². The van der Waals surface area contributed by atoms with Crippen LogP contribution in [-0.2, 0) is 0 Å². The molecule has 2 rings (SSSR count). The molecule has 2 aromatic carbocycles. The van der Waals surface area contributed by atoms with E-state index in [1.165, 1.54) is 26.4 Å². The third-order valence-electron chi connectivity index (χ3n) is 2.83. The fourth-order valence-corrected chi connectivity index (χ4v) is 1.77. The van der Waals surface area contributed by atoms with Crippen LogP contribution in [0.15, 0.2) is 36.4 Å². The van der Waals surface area contributed by atoms with Crippen molar-refractivity contribution in [2.24, 2.45) is 0 Å². The zero-order chi connectivity index (χ0) is 14.7. The first-order valence-electron chi connectivity index (χ1n) is 5.78. The number of rotatable bonds is 4. The number of ether oxygens (including phenoxy) is 2. The minimum atomic E-state index is -0.956. The Morgan fingerprint density at radius 3 is 1.85 bits per heavy atom. The number of hydrogen-bond donors (Lipinski definition) is 0. The summed E-state index contributed by atoms with van der Waals surface area (Å²) in [6.45, 7) is 0. The van der Waals surface area contributed by atoms with Crippen LogP contribution in [0.1, 0.15) is 15.9 Å². The molecule has 0 aliphatic rings. The summed E-state index contributed by atoms with van der Waals surface area (Å²) in [6.07, 6.45) is 0. The van der Waals surface area contributed by atoms with Gasteiger partial charge in [-0.15, -0.1) is 0 Å². The van der Waals surface area contributed by atoms with Crippen molar-refractivity contribution >= 4 is 5.78 Å². The second kappa shape index (κ2) is 5.69. The van der Waals surface area contributed by atoms with Crippen LogP contribution in [0, 0.1) is 11.6 Å². The molecule has 0 heterocycles. The Balaban J connectivity index is 2.42. The standard InChI is InChI=1S/C15H12F2O3/c1-19-10-5-3-9(4-6-10)15(18)14-12(16)7-11(20-2)8-13(14)17/h3-8H,1-2H3. The topological polar surface area (TPSA) is 35.5 Å². The summed E-state index contributed by atoms with van der Waals surface area (Å²) >= 11 is 0. The molecule has 0 saturated carbocycles. The maximum absolute atomic E-state index is 13.8. The molecule has 5 heteroatoms. The number of carbonyl (C=O) groups is 1. The minimum absolute atomic E-state index is 0.0197. The Bertz CT molecular complexity index is 613. The third kappa shape index (κ3) is 2.61. The van der Waals surface area contributed by atoms with E-state index in [0.29, 0.717) is 5.75 Å². The van der Waals surface area contributed by atoms with Crippen LogP contribution in [0.2, 0.25) is 0 Å². The molecule has 3 nitrogen and oxygen atoms in total. The van der Waals surface area contributed by atoms with Crippen molar-refractivity contribution in [1.29, 1.82) is 0 Å². The Morgan fingerprint density at radius 2 is 1.40 bits per heavy atom. The van der Waals surface area contributed by atoms with Gasteiger partial charge in [-0.1, -0.05) is 0 Å². The van der Waals surface area contributed by atoms with Gasteiger partial charge in [0.2, 0.25) is 0 Å². The largest absolute Gasteiger partial charge is 0.497 e. The average Bonchev–Trinajstić information content (AvgIpc) is 2.46. The molecular formula is C15H12F2O3. The molecule has 20 heavy (non-hydrogen) atoms. The Kier molecular flexibility index (Phi) is 3.98. The third-order valence-corrected chi connectivity index (χ3v) is 2.83. The normalized spacial score (nSPS) is 10.2. The first-order chi connectivity index (χ1) is 9.56. The molecule has 0 unspecified atom stereocenters. The lowest BCUT2D eigenvalue weighted by molar-refractivity contribution is 0.103. The fourth-order valence-electron chi connectivity index (χ4n) is 1.77. The van der Waals surface area contributed by atoms with Crippen molar-refractivity contribution < 1.29 is 23.0 Å². The summed E-state index contributed by atoms with van der Waals surface area (Å²) in [5, 5.41) is 0. The molecule has 0 atom stereocenters. The highest BCUT2D eigenvalue weighted by Gasteiger charge is 2.20. The van der Waals surface area contributed by atoms with Crippen molar-refractivity contribution in [2.75, 3.05) is 14.2 Å². The first-order valence-corrected chi connectivity index (χ1v) is 5.78. The summed E-state index contributed by atoms with van der Waals surface area (Å²) in [5.41, 5.74) is -0.426. The number of halogens is 2. The van der Waals surface area contributed by atoms with Gasteiger partial charge in [-0.3, -0.25) is 4.79 Å². The quantitative estimate of drug-likeness (QED) is 0.806. The number of benzene rings is 2. The van der Waals surface area contributed by atoms with E-state index in [2.05, 4.69) is 0 Å². The molecule has 0 bridgehead atoms. The molecule has 2 aromatic rings. The fraction of sp³-hybridized carbons (Fsp3) is 0.133. The van der Waals surface area contributed by atoms with Crippen molar-refractivity contribution in [1.82, 2.24) is 0 Å². The van der Waals surface area contributed by atoms with E-state index < -0.39 is 23.0 Å². The molecule has 0 amide bonds. The maximum atomic E-state index is 13.8. The van der Waals surface area contributed by atoms with Crippen LogP contribution in [0.3, 0.4) is 0 Å². The molecule has 0 radical (unpaired) electrons. The van der Waals surface area contributed by atoms with Gasteiger partial charge in [0.25, 0.3) is 0 Å². The second-order valence-electron chi connectivity index (χ2n) is 4.02. The smallest absolute Gasteiger partial charge is 0.198 e. The van der Waals surface area contributed by atoms with E-state index in [4.69, 9.17) is 9.47 Å². The van der Waals surface area contributed by atoms with E-state index in [9.17, 15) is 13.6 Å².